The Bertz CT molecular complexity index is 1020. The molecule has 144 valence electrons. The molecule has 1 aliphatic rings. The molecule has 0 saturated heterocycles. The standard InChI is InChI=1S/C23H24N2O3/c1-14-5-3-6-16(11-14)20(13-24-22(26)19-12-15(19)2)25-23(27)18-7-4-8-21-17(18)9-10-28-21/h3-11,15,19-20H,12-13H2,1-2H3,(H,24,26)(H,25,27)/t15-,19-,20?/m0/s1. The van der Waals surface area contributed by atoms with E-state index in [1.54, 1.807) is 24.5 Å². The highest BCUT2D eigenvalue weighted by molar-refractivity contribution is 6.06. The van der Waals surface area contributed by atoms with Crippen molar-refractivity contribution in [1.29, 1.82) is 0 Å². The molecule has 2 amide bonds. The van der Waals surface area contributed by atoms with Gasteiger partial charge in [0, 0.05) is 17.8 Å². The molecule has 2 N–H and O–H groups in total. The number of hydrogen-bond acceptors (Lipinski definition) is 3. The Balaban J connectivity index is 1.55. The summed E-state index contributed by atoms with van der Waals surface area (Å²) in [6.45, 7) is 4.45. The fraction of sp³-hybridized carbons (Fsp3) is 0.304. The van der Waals surface area contributed by atoms with Crippen LogP contribution in [0.3, 0.4) is 0 Å². The number of amides is 2. The SMILES string of the molecule is Cc1cccc(C(CNC(=O)[C@H]2C[C@@H]2C)NC(=O)c2cccc3occc23)c1. The van der Waals surface area contributed by atoms with Gasteiger partial charge in [0.15, 0.2) is 0 Å². The second-order valence-electron chi connectivity index (χ2n) is 7.64. The molecule has 5 nitrogen and oxygen atoms in total. The van der Waals surface area contributed by atoms with E-state index in [1.807, 2.05) is 37.3 Å². The van der Waals surface area contributed by atoms with Crippen LogP contribution < -0.4 is 10.6 Å². The number of furan rings is 1. The Morgan fingerprint density at radius 1 is 1.18 bits per heavy atom. The van der Waals surface area contributed by atoms with Gasteiger partial charge in [-0.15, -0.1) is 0 Å². The Labute approximate surface area is 164 Å². The Kier molecular flexibility index (Phi) is 4.90. The van der Waals surface area contributed by atoms with E-state index in [4.69, 9.17) is 4.42 Å². The number of fused-ring (bicyclic) bond motifs is 1. The van der Waals surface area contributed by atoms with E-state index in [0.717, 1.165) is 22.9 Å². The first-order valence-corrected chi connectivity index (χ1v) is 9.64. The molecule has 1 aliphatic carbocycles. The molecule has 1 fully saturated rings. The van der Waals surface area contributed by atoms with Crippen LogP contribution in [0.4, 0.5) is 0 Å². The summed E-state index contributed by atoms with van der Waals surface area (Å²) < 4.78 is 5.40. The van der Waals surface area contributed by atoms with E-state index in [2.05, 4.69) is 17.6 Å². The van der Waals surface area contributed by atoms with Crippen LogP contribution in [0.2, 0.25) is 0 Å². The van der Waals surface area contributed by atoms with Gasteiger partial charge in [-0.05, 0) is 43.0 Å². The molecule has 4 rings (SSSR count). The lowest BCUT2D eigenvalue weighted by atomic mass is 10.0. The van der Waals surface area contributed by atoms with Crippen molar-refractivity contribution in [3.05, 3.63) is 71.5 Å². The minimum absolute atomic E-state index is 0.0661. The summed E-state index contributed by atoms with van der Waals surface area (Å²) in [7, 11) is 0. The van der Waals surface area contributed by atoms with Crippen LogP contribution in [0.5, 0.6) is 0 Å². The predicted octanol–water partition coefficient (Wildman–Crippen LogP) is 3.98. The minimum atomic E-state index is -0.312. The van der Waals surface area contributed by atoms with Gasteiger partial charge in [-0.1, -0.05) is 42.8 Å². The Morgan fingerprint density at radius 3 is 2.71 bits per heavy atom. The monoisotopic (exact) mass is 376 g/mol. The number of nitrogens with one attached hydrogen (secondary N) is 2. The molecule has 1 unspecified atom stereocenters. The van der Waals surface area contributed by atoms with Crippen molar-refractivity contribution in [3.8, 4) is 0 Å². The summed E-state index contributed by atoms with van der Waals surface area (Å²) in [4.78, 5) is 25.3. The summed E-state index contributed by atoms with van der Waals surface area (Å²) >= 11 is 0. The molecule has 0 aliphatic heterocycles. The molecular formula is C23H24N2O3. The second-order valence-corrected chi connectivity index (χ2v) is 7.64. The largest absolute Gasteiger partial charge is 0.464 e. The molecule has 1 heterocycles. The number of benzene rings is 2. The fourth-order valence-electron chi connectivity index (χ4n) is 3.59. The zero-order valence-corrected chi connectivity index (χ0v) is 16.1. The van der Waals surface area contributed by atoms with Crippen molar-refractivity contribution >= 4 is 22.8 Å². The molecule has 3 atom stereocenters. The number of rotatable bonds is 6. The predicted molar refractivity (Wildman–Crippen MR) is 108 cm³/mol. The Hall–Kier alpha value is -3.08. The molecule has 0 radical (unpaired) electrons. The first-order valence-electron chi connectivity index (χ1n) is 9.64. The second kappa shape index (κ2) is 7.50. The maximum absolute atomic E-state index is 13.0. The van der Waals surface area contributed by atoms with Crippen molar-refractivity contribution in [1.82, 2.24) is 10.6 Å². The van der Waals surface area contributed by atoms with Gasteiger partial charge in [0.1, 0.15) is 5.58 Å². The van der Waals surface area contributed by atoms with Gasteiger partial charge in [-0.3, -0.25) is 9.59 Å². The third-order valence-corrected chi connectivity index (χ3v) is 5.42. The first-order chi connectivity index (χ1) is 13.5. The van der Waals surface area contributed by atoms with Crippen molar-refractivity contribution in [2.45, 2.75) is 26.3 Å². The highest BCUT2D eigenvalue weighted by atomic mass is 16.3. The normalized spacial score (nSPS) is 19.2. The molecule has 3 aromatic rings. The summed E-state index contributed by atoms with van der Waals surface area (Å²) in [6.07, 6.45) is 2.52. The lowest BCUT2D eigenvalue weighted by Gasteiger charge is -2.21. The van der Waals surface area contributed by atoms with E-state index in [-0.39, 0.29) is 23.8 Å². The molecule has 2 aromatic carbocycles. The van der Waals surface area contributed by atoms with Gasteiger partial charge in [0.25, 0.3) is 5.91 Å². The molecular weight excluding hydrogens is 352 g/mol. The fourth-order valence-corrected chi connectivity index (χ4v) is 3.59. The average Bonchev–Trinajstić information content (AvgIpc) is 3.23. The lowest BCUT2D eigenvalue weighted by Crippen LogP contribution is -2.38. The molecule has 0 bridgehead atoms. The topological polar surface area (TPSA) is 71.3 Å². The van der Waals surface area contributed by atoms with Crippen molar-refractivity contribution < 1.29 is 14.0 Å². The highest BCUT2D eigenvalue weighted by Crippen LogP contribution is 2.37. The highest BCUT2D eigenvalue weighted by Gasteiger charge is 2.39. The smallest absolute Gasteiger partial charge is 0.252 e. The summed E-state index contributed by atoms with van der Waals surface area (Å²) in [5, 5.41) is 6.88. The van der Waals surface area contributed by atoms with E-state index in [0.29, 0.717) is 23.6 Å². The summed E-state index contributed by atoms with van der Waals surface area (Å²) in [5.74, 6) is 0.433. The van der Waals surface area contributed by atoms with Crippen LogP contribution in [0.15, 0.2) is 59.2 Å². The Morgan fingerprint density at radius 2 is 1.96 bits per heavy atom. The molecule has 28 heavy (non-hydrogen) atoms. The van der Waals surface area contributed by atoms with E-state index >= 15 is 0 Å². The van der Waals surface area contributed by atoms with Crippen molar-refractivity contribution in [2.24, 2.45) is 11.8 Å². The minimum Gasteiger partial charge on any atom is -0.464 e. The van der Waals surface area contributed by atoms with Crippen LogP contribution in [-0.4, -0.2) is 18.4 Å². The van der Waals surface area contributed by atoms with Crippen LogP contribution in [0, 0.1) is 18.8 Å². The molecule has 1 aromatic heterocycles. The van der Waals surface area contributed by atoms with E-state index in [1.165, 1.54) is 0 Å². The van der Waals surface area contributed by atoms with Crippen LogP contribution in [0.25, 0.3) is 11.0 Å². The number of carbonyl (C=O) groups excluding carboxylic acids is 2. The number of aryl methyl sites for hydroxylation is 1. The summed E-state index contributed by atoms with van der Waals surface area (Å²) in [5.41, 5.74) is 3.31. The third-order valence-electron chi connectivity index (χ3n) is 5.42. The number of carbonyl (C=O) groups is 2. The van der Waals surface area contributed by atoms with Crippen molar-refractivity contribution in [3.63, 3.8) is 0 Å². The zero-order chi connectivity index (χ0) is 19.7. The number of hydrogen-bond donors (Lipinski definition) is 2. The van der Waals surface area contributed by atoms with Crippen LogP contribution >= 0.6 is 0 Å². The van der Waals surface area contributed by atoms with Crippen LogP contribution in [0.1, 0.15) is 40.9 Å². The quantitative estimate of drug-likeness (QED) is 0.683. The van der Waals surface area contributed by atoms with Gasteiger partial charge < -0.3 is 15.1 Å². The maximum atomic E-state index is 13.0. The van der Waals surface area contributed by atoms with E-state index in [9.17, 15) is 9.59 Å². The lowest BCUT2D eigenvalue weighted by molar-refractivity contribution is -0.122. The van der Waals surface area contributed by atoms with E-state index < -0.39 is 0 Å². The van der Waals surface area contributed by atoms with Gasteiger partial charge in [0.05, 0.1) is 17.9 Å². The van der Waals surface area contributed by atoms with Gasteiger partial charge in [-0.25, -0.2) is 0 Å². The molecule has 5 heteroatoms. The third kappa shape index (κ3) is 3.79. The van der Waals surface area contributed by atoms with Gasteiger partial charge in [0.2, 0.25) is 5.91 Å². The first kappa shape index (κ1) is 18.3. The average molecular weight is 376 g/mol. The van der Waals surface area contributed by atoms with Crippen molar-refractivity contribution in [2.75, 3.05) is 6.54 Å². The summed E-state index contributed by atoms with van der Waals surface area (Å²) in [6, 6.07) is 14.9. The van der Waals surface area contributed by atoms with Crippen LogP contribution in [-0.2, 0) is 4.79 Å². The molecule has 1 saturated carbocycles. The molecule has 0 spiro atoms. The van der Waals surface area contributed by atoms with Gasteiger partial charge in [-0.2, -0.15) is 0 Å². The zero-order valence-electron chi connectivity index (χ0n) is 16.1. The maximum Gasteiger partial charge on any atom is 0.252 e. The van der Waals surface area contributed by atoms with Gasteiger partial charge >= 0.3 is 0 Å².